The van der Waals surface area contributed by atoms with E-state index >= 15 is 0 Å². The van der Waals surface area contributed by atoms with Crippen molar-refractivity contribution in [3.05, 3.63) is 35.9 Å². The third-order valence-corrected chi connectivity index (χ3v) is 3.39. The van der Waals surface area contributed by atoms with E-state index in [4.69, 9.17) is 0 Å². The fourth-order valence-corrected chi connectivity index (χ4v) is 2.40. The Morgan fingerprint density at radius 1 is 1.12 bits per heavy atom. The highest BCUT2D eigenvalue weighted by molar-refractivity contribution is 5.14. The second-order valence-corrected chi connectivity index (χ2v) is 4.65. The van der Waals surface area contributed by atoms with Crippen LogP contribution in [0.3, 0.4) is 0 Å². The van der Waals surface area contributed by atoms with Crippen molar-refractivity contribution in [3.8, 4) is 0 Å². The summed E-state index contributed by atoms with van der Waals surface area (Å²) in [6.45, 7) is 0.964. The Morgan fingerprint density at radius 2 is 1.88 bits per heavy atom. The number of benzene rings is 1. The van der Waals surface area contributed by atoms with E-state index in [1.165, 1.54) is 18.4 Å². The molecule has 16 heavy (non-hydrogen) atoms. The summed E-state index contributed by atoms with van der Waals surface area (Å²) >= 11 is 0. The SMILES string of the molecule is OC1CCCCC1NCCc1ccccc1. The van der Waals surface area contributed by atoms with E-state index in [1.54, 1.807) is 0 Å². The lowest BCUT2D eigenvalue weighted by Gasteiger charge is -2.28. The summed E-state index contributed by atoms with van der Waals surface area (Å²) in [5.74, 6) is 0. The van der Waals surface area contributed by atoms with Gasteiger partial charge in [-0.2, -0.15) is 0 Å². The molecule has 0 aromatic heterocycles. The molecule has 0 spiro atoms. The maximum absolute atomic E-state index is 9.80. The first-order valence-electron chi connectivity index (χ1n) is 6.31. The zero-order chi connectivity index (χ0) is 11.2. The average molecular weight is 219 g/mol. The molecule has 88 valence electrons. The summed E-state index contributed by atoms with van der Waals surface area (Å²) in [6.07, 6.45) is 5.42. The van der Waals surface area contributed by atoms with Crippen LogP contribution in [0.25, 0.3) is 0 Å². The molecule has 0 radical (unpaired) electrons. The lowest BCUT2D eigenvalue weighted by molar-refractivity contribution is 0.0914. The van der Waals surface area contributed by atoms with Gasteiger partial charge in [0.25, 0.3) is 0 Å². The first kappa shape index (κ1) is 11.6. The number of hydrogen-bond acceptors (Lipinski definition) is 2. The molecule has 2 nitrogen and oxygen atoms in total. The van der Waals surface area contributed by atoms with Gasteiger partial charge in [-0.25, -0.2) is 0 Å². The van der Waals surface area contributed by atoms with Crippen LogP contribution in [0.15, 0.2) is 30.3 Å². The molecule has 0 saturated heterocycles. The van der Waals surface area contributed by atoms with Crippen LogP contribution in [0, 0.1) is 0 Å². The molecule has 0 aliphatic heterocycles. The molecule has 2 N–H and O–H groups in total. The highest BCUT2D eigenvalue weighted by Gasteiger charge is 2.21. The first-order chi connectivity index (χ1) is 7.86. The molecule has 2 unspecified atom stereocenters. The lowest BCUT2D eigenvalue weighted by atomic mass is 9.92. The van der Waals surface area contributed by atoms with Crippen molar-refractivity contribution < 1.29 is 5.11 Å². The summed E-state index contributed by atoms with van der Waals surface area (Å²) in [6, 6.07) is 10.8. The van der Waals surface area contributed by atoms with Crippen molar-refractivity contribution in [2.75, 3.05) is 6.54 Å². The van der Waals surface area contributed by atoms with E-state index in [0.29, 0.717) is 6.04 Å². The molecule has 1 aliphatic carbocycles. The highest BCUT2D eigenvalue weighted by Crippen LogP contribution is 2.18. The molecule has 1 aromatic rings. The summed E-state index contributed by atoms with van der Waals surface area (Å²) in [4.78, 5) is 0. The molecule has 0 amide bonds. The molecule has 0 bridgehead atoms. The van der Waals surface area contributed by atoms with Gasteiger partial charge in [0.2, 0.25) is 0 Å². The zero-order valence-electron chi connectivity index (χ0n) is 9.73. The smallest absolute Gasteiger partial charge is 0.0693 e. The number of aliphatic hydroxyl groups is 1. The van der Waals surface area contributed by atoms with Gasteiger partial charge >= 0.3 is 0 Å². The maximum atomic E-state index is 9.80. The van der Waals surface area contributed by atoms with Crippen molar-refractivity contribution in [1.29, 1.82) is 0 Å². The monoisotopic (exact) mass is 219 g/mol. The fourth-order valence-electron chi connectivity index (χ4n) is 2.40. The van der Waals surface area contributed by atoms with Gasteiger partial charge in [0.05, 0.1) is 6.10 Å². The Balaban J connectivity index is 1.71. The van der Waals surface area contributed by atoms with Crippen molar-refractivity contribution in [2.24, 2.45) is 0 Å². The third-order valence-electron chi connectivity index (χ3n) is 3.39. The van der Waals surface area contributed by atoms with Crippen LogP contribution in [-0.2, 0) is 6.42 Å². The predicted octanol–water partition coefficient (Wildman–Crippen LogP) is 2.12. The molecular formula is C14H21NO. The summed E-state index contributed by atoms with van der Waals surface area (Å²) < 4.78 is 0. The number of hydrogen-bond donors (Lipinski definition) is 2. The third kappa shape index (κ3) is 3.32. The Labute approximate surface area is 97.7 Å². The summed E-state index contributed by atoms with van der Waals surface area (Å²) in [5.41, 5.74) is 1.36. The first-order valence-corrected chi connectivity index (χ1v) is 6.31. The minimum Gasteiger partial charge on any atom is -0.392 e. The van der Waals surface area contributed by atoms with Crippen LogP contribution in [-0.4, -0.2) is 23.8 Å². The van der Waals surface area contributed by atoms with Crippen molar-refractivity contribution in [3.63, 3.8) is 0 Å². The van der Waals surface area contributed by atoms with Crippen LogP contribution < -0.4 is 5.32 Å². The second kappa shape index (κ2) is 6.02. The van der Waals surface area contributed by atoms with Crippen LogP contribution in [0.5, 0.6) is 0 Å². The van der Waals surface area contributed by atoms with Gasteiger partial charge in [0, 0.05) is 6.04 Å². The Hall–Kier alpha value is -0.860. The van der Waals surface area contributed by atoms with Crippen LogP contribution >= 0.6 is 0 Å². The predicted molar refractivity (Wildman–Crippen MR) is 66.4 cm³/mol. The standard InChI is InChI=1S/C14H21NO/c16-14-9-5-4-8-13(14)15-11-10-12-6-2-1-3-7-12/h1-3,6-7,13-16H,4-5,8-11H2. The van der Waals surface area contributed by atoms with Crippen molar-refractivity contribution >= 4 is 0 Å². The zero-order valence-corrected chi connectivity index (χ0v) is 9.73. The van der Waals surface area contributed by atoms with Gasteiger partial charge in [-0.3, -0.25) is 0 Å². The van der Waals surface area contributed by atoms with Gasteiger partial charge in [0.15, 0.2) is 0 Å². The molecule has 2 heteroatoms. The molecular weight excluding hydrogens is 198 g/mol. The quantitative estimate of drug-likeness (QED) is 0.813. The average Bonchev–Trinajstić information content (AvgIpc) is 2.33. The van der Waals surface area contributed by atoms with Crippen LogP contribution in [0.1, 0.15) is 31.2 Å². The molecule has 1 saturated carbocycles. The van der Waals surface area contributed by atoms with Gasteiger partial charge in [0.1, 0.15) is 0 Å². The molecule has 2 rings (SSSR count). The number of rotatable bonds is 4. The summed E-state index contributed by atoms with van der Waals surface area (Å²) in [5, 5.41) is 13.3. The van der Waals surface area contributed by atoms with E-state index in [1.807, 2.05) is 6.07 Å². The van der Waals surface area contributed by atoms with E-state index < -0.39 is 0 Å². The van der Waals surface area contributed by atoms with Crippen LogP contribution in [0.2, 0.25) is 0 Å². The molecule has 1 aromatic carbocycles. The Morgan fingerprint density at radius 3 is 2.62 bits per heavy atom. The molecule has 1 aliphatic rings. The topological polar surface area (TPSA) is 32.3 Å². The van der Waals surface area contributed by atoms with Gasteiger partial charge < -0.3 is 10.4 Å². The molecule has 1 fully saturated rings. The van der Waals surface area contributed by atoms with E-state index in [-0.39, 0.29) is 6.10 Å². The Kier molecular flexibility index (Phi) is 4.37. The second-order valence-electron chi connectivity index (χ2n) is 4.65. The van der Waals surface area contributed by atoms with Crippen molar-refractivity contribution in [1.82, 2.24) is 5.32 Å². The van der Waals surface area contributed by atoms with Crippen LogP contribution in [0.4, 0.5) is 0 Å². The van der Waals surface area contributed by atoms with E-state index in [9.17, 15) is 5.11 Å². The molecule has 0 heterocycles. The van der Waals surface area contributed by atoms with Crippen molar-refractivity contribution in [2.45, 2.75) is 44.2 Å². The number of nitrogens with one attached hydrogen (secondary N) is 1. The minimum absolute atomic E-state index is 0.135. The summed E-state index contributed by atoms with van der Waals surface area (Å²) in [7, 11) is 0. The number of aliphatic hydroxyl groups excluding tert-OH is 1. The lowest BCUT2D eigenvalue weighted by Crippen LogP contribution is -2.42. The maximum Gasteiger partial charge on any atom is 0.0693 e. The van der Waals surface area contributed by atoms with Gasteiger partial charge in [-0.1, -0.05) is 43.2 Å². The minimum atomic E-state index is -0.135. The van der Waals surface area contributed by atoms with Gasteiger partial charge in [-0.05, 0) is 31.4 Å². The fraction of sp³-hybridized carbons (Fsp3) is 0.571. The van der Waals surface area contributed by atoms with Gasteiger partial charge in [-0.15, -0.1) is 0 Å². The molecule has 2 atom stereocenters. The van der Waals surface area contributed by atoms with E-state index in [0.717, 1.165) is 25.8 Å². The Bertz CT molecular complexity index is 299. The normalized spacial score (nSPS) is 25.6. The highest BCUT2D eigenvalue weighted by atomic mass is 16.3. The van der Waals surface area contributed by atoms with E-state index in [2.05, 4.69) is 29.6 Å². The largest absolute Gasteiger partial charge is 0.392 e.